The first-order chi connectivity index (χ1) is 5.76. The number of aliphatic hydroxyl groups excluding tert-OH is 2. The molecule has 0 aromatic rings. The molecule has 0 rings (SSSR count). The fourth-order valence-electron chi connectivity index (χ4n) is 0.898. The molecule has 2 atom stereocenters. The monoisotopic (exact) mass is 194 g/mol. The van der Waals surface area contributed by atoms with Gasteiger partial charge in [-0.15, -0.1) is 0 Å². The minimum atomic E-state index is -0.869. The van der Waals surface area contributed by atoms with Crippen molar-refractivity contribution in [2.24, 2.45) is 0 Å². The van der Waals surface area contributed by atoms with Crippen LogP contribution in [-0.2, 0) is 9.30 Å². The lowest BCUT2D eigenvalue weighted by atomic mass is 10.1. The van der Waals surface area contributed by atoms with Crippen LogP contribution in [0.2, 0.25) is 0 Å². The first kappa shape index (κ1) is 12.0. The third kappa shape index (κ3) is 4.78. The molecule has 2 N–H and O–H groups in total. The molecule has 0 amide bonds. The molecule has 0 aliphatic rings. The van der Waals surface area contributed by atoms with Gasteiger partial charge in [0.15, 0.2) is 8.46 Å². The summed E-state index contributed by atoms with van der Waals surface area (Å²) in [6.07, 6.45) is -0.323. The van der Waals surface area contributed by atoms with E-state index >= 15 is 0 Å². The molecule has 0 aliphatic carbocycles. The van der Waals surface area contributed by atoms with Crippen LogP contribution in [0.25, 0.3) is 0 Å². The van der Waals surface area contributed by atoms with Crippen LogP contribution >= 0.6 is 8.46 Å². The SMILES string of the molecule is CCO[C@H](CCP=O)C(O)CO. The Balaban J connectivity index is 3.75. The van der Waals surface area contributed by atoms with E-state index in [0.717, 1.165) is 0 Å². The highest BCUT2D eigenvalue weighted by atomic mass is 31.1. The summed E-state index contributed by atoms with van der Waals surface area (Å²) in [6.45, 7) is 1.98. The summed E-state index contributed by atoms with van der Waals surface area (Å²) >= 11 is 0. The Morgan fingerprint density at radius 2 is 2.25 bits per heavy atom. The van der Waals surface area contributed by atoms with Crippen molar-refractivity contribution in [3.8, 4) is 0 Å². The molecule has 0 saturated heterocycles. The van der Waals surface area contributed by atoms with Crippen LogP contribution < -0.4 is 0 Å². The van der Waals surface area contributed by atoms with Crippen molar-refractivity contribution < 1.29 is 19.5 Å². The standard InChI is InChI=1S/C7H15O4P/c1-2-11-7(3-4-12-10)6(9)5-8/h6-9H,2-5H2,1H3/t6?,7-/m1/s1. The van der Waals surface area contributed by atoms with Gasteiger partial charge in [0.2, 0.25) is 0 Å². The zero-order chi connectivity index (χ0) is 9.40. The Kier molecular flexibility index (Phi) is 7.61. The maximum absolute atomic E-state index is 10.1. The number of rotatable bonds is 7. The highest BCUT2D eigenvalue weighted by Gasteiger charge is 2.17. The van der Waals surface area contributed by atoms with E-state index in [1.807, 2.05) is 6.92 Å². The number of hydrogen-bond donors (Lipinski definition) is 2. The molecule has 72 valence electrons. The summed E-state index contributed by atoms with van der Waals surface area (Å²) in [7, 11) is 0.0437. The Labute approximate surface area is 73.8 Å². The molecule has 0 heterocycles. The summed E-state index contributed by atoms with van der Waals surface area (Å²) in [5.41, 5.74) is 0. The van der Waals surface area contributed by atoms with Gasteiger partial charge < -0.3 is 14.9 Å². The zero-order valence-corrected chi connectivity index (χ0v) is 8.04. The Morgan fingerprint density at radius 1 is 1.58 bits per heavy atom. The Morgan fingerprint density at radius 3 is 2.67 bits per heavy atom. The van der Waals surface area contributed by atoms with Gasteiger partial charge in [0.05, 0.1) is 12.7 Å². The third-order valence-electron chi connectivity index (χ3n) is 1.50. The maximum Gasteiger partial charge on any atom is 0.155 e. The third-order valence-corrected chi connectivity index (χ3v) is 1.94. The van der Waals surface area contributed by atoms with Gasteiger partial charge >= 0.3 is 0 Å². The van der Waals surface area contributed by atoms with Gasteiger partial charge in [0.1, 0.15) is 6.10 Å². The second kappa shape index (κ2) is 7.62. The van der Waals surface area contributed by atoms with E-state index in [1.54, 1.807) is 0 Å². The van der Waals surface area contributed by atoms with Crippen molar-refractivity contribution in [3.63, 3.8) is 0 Å². The number of aliphatic hydroxyl groups is 2. The molecule has 0 aromatic heterocycles. The van der Waals surface area contributed by atoms with Gasteiger partial charge in [0, 0.05) is 12.8 Å². The van der Waals surface area contributed by atoms with Crippen molar-refractivity contribution in [2.45, 2.75) is 25.6 Å². The van der Waals surface area contributed by atoms with E-state index in [0.29, 0.717) is 19.2 Å². The molecule has 0 aliphatic heterocycles. The van der Waals surface area contributed by atoms with E-state index < -0.39 is 12.2 Å². The fraction of sp³-hybridized carbons (Fsp3) is 1.00. The topological polar surface area (TPSA) is 66.8 Å². The van der Waals surface area contributed by atoms with Crippen LogP contribution in [0.4, 0.5) is 0 Å². The van der Waals surface area contributed by atoms with E-state index in [-0.39, 0.29) is 15.1 Å². The predicted molar refractivity (Wildman–Crippen MR) is 45.6 cm³/mol. The molecule has 0 saturated carbocycles. The molecule has 0 bridgehead atoms. The molecule has 1 unspecified atom stereocenters. The summed E-state index contributed by atoms with van der Waals surface area (Å²) < 4.78 is 15.3. The molecule has 5 heteroatoms. The van der Waals surface area contributed by atoms with Crippen molar-refractivity contribution in [1.82, 2.24) is 0 Å². The Hall–Kier alpha value is -0.0200. The van der Waals surface area contributed by atoms with Gasteiger partial charge in [-0.2, -0.15) is 0 Å². The predicted octanol–water partition coefficient (Wildman–Crippen LogP) is 0.426. The average Bonchev–Trinajstić information content (AvgIpc) is 2.11. The van der Waals surface area contributed by atoms with Crippen molar-refractivity contribution in [3.05, 3.63) is 0 Å². The highest BCUT2D eigenvalue weighted by molar-refractivity contribution is 7.23. The maximum atomic E-state index is 10.1. The highest BCUT2D eigenvalue weighted by Crippen LogP contribution is 2.08. The molecule has 4 nitrogen and oxygen atoms in total. The summed E-state index contributed by atoms with van der Waals surface area (Å²) in [5, 5.41) is 17.8. The summed E-state index contributed by atoms with van der Waals surface area (Å²) in [4.78, 5) is 0. The van der Waals surface area contributed by atoms with Gasteiger partial charge in [-0.1, -0.05) is 0 Å². The molecular formula is C7H15O4P. The number of hydrogen-bond acceptors (Lipinski definition) is 4. The van der Waals surface area contributed by atoms with E-state index in [2.05, 4.69) is 0 Å². The van der Waals surface area contributed by atoms with Crippen LogP contribution in [-0.4, -0.2) is 41.8 Å². The second-order valence-electron chi connectivity index (χ2n) is 2.39. The summed E-state index contributed by atoms with van der Waals surface area (Å²) in [5.74, 6) is 0. The molecular weight excluding hydrogens is 179 g/mol. The largest absolute Gasteiger partial charge is 0.394 e. The second-order valence-corrected chi connectivity index (χ2v) is 3.09. The van der Waals surface area contributed by atoms with E-state index in [4.69, 9.17) is 9.84 Å². The van der Waals surface area contributed by atoms with Gasteiger partial charge in [-0.05, 0) is 13.3 Å². The lowest BCUT2D eigenvalue weighted by molar-refractivity contribution is -0.0546. The van der Waals surface area contributed by atoms with Crippen molar-refractivity contribution >= 4 is 8.46 Å². The normalized spacial score (nSPS) is 16.2. The van der Waals surface area contributed by atoms with Gasteiger partial charge in [0.25, 0.3) is 0 Å². The molecule has 0 spiro atoms. The Bertz CT molecular complexity index is 120. The first-order valence-corrected chi connectivity index (χ1v) is 4.95. The van der Waals surface area contributed by atoms with Gasteiger partial charge in [-0.25, -0.2) is 0 Å². The molecule has 12 heavy (non-hydrogen) atoms. The molecule has 0 aromatic carbocycles. The van der Waals surface area contributed by atoms with Crippen LogP contribution in [0.3, 0.4) is 0 Å². The minimum Gasteiger partial charge on any atom is -0.394 e. The quantitative estimate of drug-likeness (QED) is 0.576. The fourth-order valence-corrected chi connectivity index (χ4v) is 1.26. The minimum absolute atomic E-state index is 0.0437. The van der Waals surface area contributed by atoms with Crippen molar-refractivity contribution in [1.29, 1.82) is 0 Å². The smallest absolute Gasteiger partial charge is 0.155 e. The van der Waals surface area contributed by atoms with Crippen LogP contribution in [0, 0.1) is 0 Å². The number of ether oxygens (including phenoxy) is 1. The van der Waals surface area contributed by atoms with Crippen LogP contribution in [0.1, 0.15) is 13.3 Å². The van der Waals surface area contributed by atoms with Crippen LogP contribution in [0.5, 0.6) is 0 Å². The first-order valence-electron chi connectivity index (χ1n) is 3.95. The van der Waals surface area contributed by atoms with E-state index in [1.165, 1.54) is 0 Å². The summed E-state index contributed by atoms with van der Waals surface area (Å²) in [6, 6.07) is 0. The van der Waals surface area contributed by atoms with Gasteiger partial charge in [-0.3, -0.25) is 4.57 Å². The lowest BCUT2D eigenvalue weighted by Gasteiger charge is -2.19. The molecule has 0 fully saturated rings. The van der Waals surface area contributed by atoms with Crippen molar-refractivity contribution in [2.75, 3.05) is 19.4 Å². The average molecular weight is 194 g/mol. The van der Waals surface area contributed by atoms with E-state index in [9.17, 15) is 9.67 Å². The van der Waals surface area contributed by atoms with Crippen LogP contribution in [0.15, 0.2) is 0 Å². The zero-order valence-electron chi connectivity index (χ0n) is 7.14. The molecule has 0 radical (unpaired) electrons. The lowest BCUT2D eigenvalue weighted by Crippen LogP contribution is -2.32.